The lowest BCUT2D eigenvalue weighted by molar-refractivity contribution is 0.266. The number of hydrogen-bond acceptors (Lipinski definition) is 1. The van der Waals surface area contributed by atoms with E-state index in [9.17, 15) is 5.26 Å². The Morgan fingerprint density at radius 1 is 1.16 bits per heavy atom. The van der Waals surface area contributed by atoms with Crippen molar-refractivity contribution in [2.75, 3.05) is 0 Å². The van der Waals surface area contributed by atoms with E-state index in [0.717, 1.165) is 0 Å². The highest BCUT2D eigenvalue weighted by Crippen LogP contribution is 2.41. The number of hydrogen-bond donors (Lipinski definition) is 0. The molecule has 1 atom stereocenters. The van der Waals surface area contributed by atoms with Gasteiger partial charge in [-0.1, -0.05) is 19.3 Å². The zero-order valence-corrected chi connectivity index (χ0v) is 12.7. The molecule has 1 unspecified atom stereocenters. The van der Waals surface area contributed by atoms with Crippen LogP contribution in [0.1, 0.15) is 65.4 Å². The molecule has 0 N–H and O–H groups in total. The molecule has 1 aliphatic carbocycles. The summed E-state index contributed by atoms with van der Waals surface area (Å²) in [7, 11) is 0. The molecule has 0 radical (unpaired) electrons. The minimum absolute atomic E-state index is 0.0845. The predicted molar refractivity (Wildman–Crippen MR) is 79.0 cm³/mol. The molecule has 0 aromatic carbocycles. The summed E-state index contributed by atoms with van der Waals surface area (Å²) in [6, 6.07) is 4.76. The minimum Gasteiger partial charge on any atom is -0.349 e. The lowest BCUT2D eigenvalue weighted by Gasteiger charge is -2.34. The molecule has 2 rings (SSSR count). The molecule has 0 aliphatic heterocycles. The lowest BCUT2D eigenvalue weighted by atomic mass is 9.68. The fraction of sp³-hybridized carbons (Fsp3) is 0.706. The smallest absolute Gasteiger partial charge is 0.0836 e. The summed E-state index contributed by atoms with van der Waals surface area (Å²) in [5.41, 5.74) is 0.954. The van der Waals surface area contributed by atoms with Gasteiger partial charge in [-0.3, -0.25) is 0 Å². The number of nitriles is 1. The van der Waals surface area contributed by atoms with E-state index in [4.69, 9.17) is 0 Å². The van der Waals surface area contributed by atoms with E-state index >= 15 is 0 Å². The third kappa shape index (κ3) is 2.71. The lowest BCUT2D eigenvalue weighted by Crippen LogP contribution is -2.32. The molecule has 0 amide bonds. The topological polar surface area (TPSA) is 28.7 Å². The van der Waals surface area contributed by atoms with Crippen LogP contribution in [0.15, 0.2) is 18.5 Å². The Labute approximate surface area is 117 Å². The fourth-order valence-corrected chi connectivity index (χ4v) is 3.19. The van der Waals surface area contributed by atoms with Crippen molar-refractivity contribution in [1.29, 1.82) is 5.26 Å². The molecule has 0 saturated heterocycles. The van der Waals surface area contributed by atoms with Crippen molar-refractivity contribution in [2.45, 2.75) is 70.8 Å². The van der Waals surface area contributed by atoms with E-state index in [-0.39, 0.29) is 11.0 Å². The maximum atomic E-state index is 9.74. The van der Waals surface area contributed by atoms with Crippen molar-refractivity contribution < 1.29 is 0 Å². The highest BCUT2D eigenvalue weighted by atomic mass is 15.0. The van der Waals surface area contributed by atoms with Gasteiger partial charge in [0.15, 0.2) is 0 Å². The molecular weight excluding hydrogens is 232 g/mol. The van der Waals surface area contributed by atoms with Crippen molar-refractivity contribution in [1.82, 2.24) is 4.57 Å². The second kappa shape index (κ2) is 5.04. The highest BCUT2D eigenvalue weighted by Gasteiger charge is 2.37. The van der Waals surface area contributed by atoms with E-state index in [1.165, 1.54) is 37.7 Å². The molecule has 0 spiro atoms. The second-order valence-electron chi connectivity index (χ2n) is 7.13. The van der Waals surface area contributed by atoms with Gasteiger partial charge in [0.2, 0.25) is 0 Å². The number of aromatic nitrogens is 1. The molecule has 2 heteroatoms. The van der Waals surface area contributed by atoms with Gasteiger partial charge in [-0.15, -0.1) is 0 Å². The van der Waals surface area contributed by atoms with Gasteiger partial charge in [-0.2, -0.15) is 5.26 Å². The molecule has 1 heterocycles. The molecule has 104 valence electrons. The van der Waals surface area contributed by atoms with Crippen LogP contribution in [0.3, 0.4) is 0 Å². The summed E-state index contributed by atoms with van der Waals surface area (Å²) in [4.78, 5) is 0. The van der Waals surface area contributed by atoms with Gasteiger partial charge in [0.25, 0.3) is 0 Å². The molecule has 1 aromatic heterocycles. The van der Waals surface area contributed by atoms with Crippen LogP contribution in [0.5, 0.6) is 0 Å². The van der Waals surface area contributed by atoms with E-state index in [1.54, 1.807) is 0 Å². The molecule has 1 aliphatic rings. The monoisotopic (exact) mass is 258 g/mol. The zero-order valence-electron chi connectivity index (χ0n) is 12.7. The van der Waals surface area contributed by atoms with Gasteiger partial charge in [0, 0.05) is 17.9 Å². The van der Waals surface area contributed by atoms with Gasteiger partial charge in [0.1, 0.15) is 0 Å². The van der Waals surface area contributed by atoms with Gasteiger partial charge in [-0.25, -0.2) is 0 Å². The normalized spacial score (nSPS) is 20.8. The first-order chi connectivity index (χ1) is 8.88. The molecule has 1 aromatic rings. The highest BCUT2D eigenvalue weighted by molar-refractivity contribution is 5.31. The first kappa shape index (κ1) is 14.2. The Kier molecular flexibility index (Phi) is 3.76. The van der Waals surface area contributed by atoms with E-state index < -0.39 is 0 Å². The van der Waals surface area contributed by atoms with Gasteiger partial charge in [0.05, 0.1) is 11.5 Å². The molecule has 2 nitrogen and oxygen atoms in total. The van der Waals surface area contributed by atoms with Crippen LogP contribution in [0.4, 0.5) is 0 Å². The number of rotatable bonds is 2. The summed E-state index contributed by atoms with van der Waals surface area (Å²) in [5.74, 6) is 0.516. The van der Waals surface area contributed by atoms with Crippen LogP contribution in [0.25, 0.3) is 0 Å². The van der Waals surface area contributed by atoms with Gasteiger partial charge in [-0.05, 0) is 58.1 Å². The molecule has 1 saturated carbocycles. The van der Waals surface area contributed by atoms with Crippen LogP contribution in [0, 0.1) is 17.2 Å². The summed E-state index contributed by atoms with van der Waals surface area (Å²) < 4.78 is 2.22. The Hall–Kier alpha value is -1.23. The summed E-state index contributed by atoms with van der Waals surface area (Å²) in [6.45, 7) is 8.72. The Balaban J connectivity index is 2.31. The van der Waals surface area contributed by atoms with E-state index in [0.29, 0.717) is 5.92 Å². The van der Waals surface area contributed by atoms with Crippen molar-refractivity contribution in [2.24, 2.45) is 5.92 Å². The minimum atomic E-state index is -0.322. The standard InChI is InChI=1S/C17H26N2/c1-16(2,3)19-11-10-15(12-19)17(4,13-18)14-8-6-5-7-9-14/h10-12,14H,5-9H2,1-4H3. The Morgan fingerprint density at radius 2 is 1.79 bits per heavy atom. The maximum absolute atomic E-state index is 9.74. The van der Waals surface area contributed by atoms with Crippen LogP contribution in [-0.2, 0) is 11.0 Å². The van der Waals surface area contributed by atoms with Crippen LogP contribution < -0.4 is 0 Å². The van der Waals surface area contributed by atoms with Crippen molar-refractivity contribution in [3.63, 3.8) is 0 Å². The van der Waals surface area contributed by atoms with E-state index in [2.05, 4.69) is 56.8 Å². The quantitative estimate of drug-likeness (QED) is 0.761. The molecular formula is C17H26N2. The van der Waals surface area contributed by atoms with Crippen LogP contribution in [-0.4, -0.2) is 4.57 Å². The van der Waals surface area contributed by atoms with Crippen molar-refractivity contribution in [3.05, 3.63) is 24.0 Å². The third-order valence-corrected chi connectivity index (χ3v) is 4.72. The van der Waals surface area contributed by atoms with Crippen molar-refractivity contribution >= 4 is 0 Å². The first-order valence-electron chi connectivity index (χ1n) is 7.48. The Bertz CT molecular complexity index is 466. The summed E-state index contributed by atoms with van der Waals surface area (Å²) in [5, 5.41) is 9.74. The summed E-state index contributed by atoms with van der Waals surface area (Å²) in [6.07, 6.45) is 10.6. The van der Waals surface area contributed by atoms with E-state index in [1.807, 2.05) is 0 Å². The predicted octanol–water partition coefficient (Wildman–Crippen LogP) is 4.60. The van der Waals surface area contributed by atoms with Gasteiger partial charge >= 0.3 is 0 Å². The average Bonchev–Trinajstić information content (AvgIpc) is 2.89. The van der Waals surface area contributed by atoms with Gasteiger partial charge < -0.3 is 4.57 Å². The number of nitrogens with zero attached hydrogens (tertiary/aromatic N) is 2. The zero-order chi connectivity index (χ0) is 14.1. The molecule has 19 heavy (non-hydrogen) atoms. The fourth-order valence-electron chi connectivity index (χ4n) is 3.19. The SMILES string of the molecule is CC(C#N)(c1ccn(C(C)(C)C)c1)C1CCCCC1. The average molecular weight is 258 g/mol. The molecule has 0 bridgehead atoms. The van der Waals surface area contributed by atoms with Crippen LogP contribution in [0.2, 0.25) is 0 Å². The second-order valence-corrected chi connectivity index (χ2v) is 7.13. The first-order valence-corrected chi connectivity index (χ1v) is 7.48. The molecule has 1 fully saturated rings. The third-order valence-electron chi connectivity index (χ3n) is 4.72. The largest absolute Gasteiger partial charge is 0.349 e. The maximum Gasteiger partial charge on any atom is 0.0836 e. The Morgan fingerprint density at radius 3 is 2.26 bits per heavy atom. The van der Waals surface area contributed by atoms with Crippen LogP contribution >= 0.6 is 0 Å². The summed E-state index contributed by atoms with van der Waals surface area (Å²) >= 11 is 0. The van der Waals surface area contributed by atoms with Crippen molar-refractivity contribution in [3.8, 4) is 6.07 Å².